The third-order valence-electron chi connectivity index (χ3n) is 5.69. The van der Waals surface area contributed by atoms with E-state index in [2.05, 4.69) is 68.8 Å². The summed E-state index contributed by atoms with van der Waals surface area (Å²) in [7, 11) is 0. The zero-order chi connectivity index (χ0) is 22.0. The van der Waals surface area contributed by atoms with Crippen LogP contribution < -0.4 is 10.6 Å². The standard InChI is InChI=1S/C26H32N6.HI/c1-2-27-26(30-19-21-8-7-9-22(18-21)25-11-4-6-15-29-25)31-23-12-16-32(17-13-23)20-24-10-3-5-14-28-24;/h3-11,14-15,18,23H,2,12-13,16-17,19-20H2,1H3,(H2,27,30,31);1H. The van der Waals surface area contributed by atoms with E-state index in [-0.39, 0.29) is 24.0 Å². The number of hydrogen-bond acceptors (Lipinski definition) is 4. The van der Waals surface area contributed by atoms with Crippen molar-refractivity contribution in [3.8, 4) is 11.3 Å². The van der Waals surface area contributed by atoms with Gasteiger partial charge in [0, 0.05) is 50.2 Å². The van der Waals surface area contributed by atoms with Gasteiger partial charge in [-0.05, 0) is 55.7 Å². The molecule has 1 saturated heterocycles. The first-order chi connectivity index (χ1) is 15.8. The Hall–Kier alpha value is -2.52. The number of benzene rings is 1. The Morgan fingerprint density at radius 1 is 1.00 bits per heavy atom. The Balaban J connectivity index is 0.00000306. The molecule has 0 radical (unpaired) electrons. The van der Waals surface area contributed by atoms with Crippen molar-refractivity contribution in [1.82, 2.24) is 25.5 Å². The van der Waals surface area contributed by atoms with E-state index in [9.17, 15) is 0 Å². The van der Waals surface area contributed by atoms with Crippen LogP contribution in [0.4, 0.5) is 0 Å². The summed E-state index contributed by atoms with van der Waals surface area (Å²) in [6.07, 6.45) is 5.91. The molecule has 0 bridgehead atoms. The first-order valence-electron chi connectivity index (χ1n) is 11.5. The van der Waals surface area contributed by atoms with Gasteiger partial charge in [-0.1, -0.05) is 30.3 Å². The maximum atomic E-state index is 4.85. The van der Waals surface area contributed by atoms with Crippen molar-refractivity contribution in [3.05, 3.63) is 84.3 Å². The number of pyridine rings is 2. The minimum absolute atomic E-state index is 0. The second-order valence-electron chi connectivity index (χ2n) is 8.13. The highest BCUT2D eigenvalue weighted by Gasteiger charge is 2.20. The molecule has 7 heteroatoms. The van der Waals surface area contributed by atoms with Gasteiger partial charge in [0.05, 0.1) is 17.9 Å². The van der Waals surface area contributed by atoms with Crippen molar-refractivity contribution in [1.29, 1.82) is 0 Å². The average molecular weight is 556 g/mol. The summed E-state index contributed by atoms with van der Waals surface area (Å²) in [5, 5.41) is 7.04. The van der Waals surface area contributed by atoms with Gasteiger partial charge in [0.1, 0.15) is 0 Å². The summed E-state index contributed by atoms with van der Waals surface area (Å²) in [4.78, 5) is 16.2. The van der Waals surface area contributed by atoms with Crippen LogP contribution in [0.5, 0.6) is 0 Å². The van der Waals surface area contributed by atoms with Crippen LogP contribution >= 0.6 is 24.0 Å². The molecule has 1 fully saturated rings. The Labute approximate surface area is 214 Å². The highest BCUT2D eigenvalue weighted by Crippen LogP contribution is 2.18. The fourth-order valence-electron chi connectivity index (χ4n) is 4.00. The van der Waals surface area contributed by atoms with E-state index in [4.69, 9.17) is 4.99 Å². The van der Waals surface area contributed by atoms with Crippen molar-refractivity contribution >= 4 is 29.9 Å². The van der Waals surface area contributed by atoms with E-state index in [0.717, 1.165) is 61.9 Å². The number of rotatable bonds is 7. The quantitative estimate of drug-likeness (QED) is 0.255. The zero-order valence-electron chi connectivity index (χ0n) is 19.2. The molecular weight excluding hydrogens is 523 g/mol. The lowest BCUT2D eigenvalue weighted by molar-refractivity contribution is 0.196. The van der Waals surface area contributed by atoms with E-state index in [1.54, 1.807) is 0 Å². The Bertz CT molecular complexity index is 988. The molecule has 174 valence electrons. The van der Waals surface area contributed by atoms with Crippen molar-refractivity contribution in [2.24, 2.45) is 4.99 Å². The van der Waals surface area contributed by atoms with Gasteiger partial charge in [0.2, 0.25) is 0 Å². The number of nitrogens with one attached hydrogen (secondary N) is 2. The number of halogens is 1. The highest BCUT2D eigenvalue weighted by atomic mass is 127. The lowest BCUT2D eigenvalue weighted by Gasteiger charge is -2.32. The number of aliphatic imine (C=N–C) groups is 1. The van der Waals surface area contributed by atoms with E-state index < -0.39 is 0 Å². The molecule has 4 rings (SSSR count). The normalized spacial score (nSPS) is 15.0. The summed E-state index contributed by atoms with van der Waals surface area (Å²) in [5.41, 5.74) is 4.43. The molecule has 33 heavy (non-hydrogen) atoms. The third kappa shape index (κ3) is 7.78. The largest absolute Gasteiger partial charge is 0.357 e. The van der Waals surface area contributed by atoms with Gasteiger partial charge in [-0.3, -0.25) is 14.9 Å². The van der Waals surface area contributed by atoms with E-state index in [0.29, 0.717) is 12.6 Å². The number of hydrogen-bond donors (Lipinski definition) is 2. The predicted molar refractivity (Wildman–Crippen MR) is 146 cm³/mol. The van der Waals surface area contributed by atoms with Gasteiger partial charge in [0.25, 0.3) is 0 Å². The van der Waals surface area contributed by atoms with Gasteiger partial charge >= 0.3 is 0 Å². The molecule has 0 saturated carbocycles. The molecule has 3 aromatic rings. The molecule has 1 aromatic carbocycles. The van der Waals surface area contributed by atoms with Crippen molar-refractivity contribution in [2.75, 3.05) is 19.6 Å². The van der Waals surface area contributed by atoms with Crippen molar-refractivity contribution < 1.29 is 0 Å². The molecule has 0 atom stereocenters. The molecule has 0 unspecified atom stereocenters. The highest BCUT2D eigenvalue weighted by molar-refractivity contribution is 14.0. The monoisotopic (exact) mass is 556 g/mol. The first-order valence-corrected chi connectivity index (χ1v) is 11.5. The van der Waals surface area contributed by atoms with Crippen molar-refractivity contribution in [3.63, 3.8) is 0 Å². The van der Waals surface area contributed by atoms with E-state index in [1.165, 1.54) is 5.56 Å². The minimum atomic E-state index is 0. The topological polar surface area (TPSA) is 65.4 Å². The summed E-state index contributed by atoms with van der Waals surface area (Å²) < 4.78 is 0. The van der Waals surface area contributed by atoms with Gasteiger partial charge in [-0.15, -0.1) is 24.0 Å². The summed E-state index contributed by atoms with van der Waals surface area (Å²) in [5.74, 6) is 0.888. The van der Waals surface area contributed by atoms with Gasteiger partial charge in [0.15, 0.2) is 5.96 Å². The second-order valence-corrected chi connectivity index (χ2v) is 8.13. The number of aromatic nitrogens is 2. The molecule has 2 aromatic heterocycles. The minimum Gasteiger partial charge on any atom is -0.357 e. The van der Waals surface area contributed by atoms with E-state index in [1.807, 2.05) is 36.7 Å². The Morgan fingerprint density at radius 3 is 2.48 bits per heavy atom. The second kappa shape index (κ2) is 13.3. The lowest BCUT2D eigenvalue weighted by atomic mass is 10.0. The molecule has 2 N–H and O–H groups in total. The van der Waals surface area contributed by atoms with Crippen LogP contribution in [0, 0.1) is 0 Å². The van der Waals surface area contributed by atoms with Gasteiger partial charge < -0.3 is 10.6 Å². The average Bonchev–Trinajstić information content (AvgIpc) is 2.85. The van der Waals surface area contributed by atoms with Gasteiger partial charge in [-0.2, -0.15) is 0 Å². The first kappa shape index (κ1) is 25.1. The lowest BCUT2D eigenvalue weighted by Crippen LogP contribution is -2.48. The van der Waals surface area contributed by atoms with E-state index >= 15 is 0 Å². The smallest absolute Gasteiger partial charge is 0.191 e. The fourth-order valence-corrected chi connectivity index (χ4v) is 4.00. The molecule has 0 amide bonds. The maximum absolute atomic E-state index is 4.85. The number of likely N-dealkylation sites (tertiary alicyclic amines) is 1. The number of guanidine groups is 1. The summed E-state index contributed by atoms with van der Waals surface area (Å²) in [6, 6.07) is 21.0. The van der Waals surface area contributed by atoms with Crippen LogP contribution in [0.2, 0.25) is 0 Å². The zero-order valence-corrected chi connectivity index (χ0v) is 21.5. The third-order valence-corrected chi connectivity index (χ3v) is 5.69. The fraction of sp³-hybridized carbons (Fsp3) is 0.346. The Morgan fingerprint density at radius 2 is 1.79 bits per heavy atom. The van der Waals surface area contributed by atoms with Crippen LogP contribution in [0.3, 0.4) is 0 Å². The molecule has 1 aliphatic rings. The van der Waals surface area contributed by atoms with Crippen LogP contribution in [0.25, 0.3) is 11.3 Å². The SMILES string of the molecule is CCNC(=NCc1cccc(-c2ccccn2)c1)NC1CCN(Cc2ccccn2)CC1.I. The predicted octanol–water partition coefficient (Wildman–Crippen LogP) is 4.48. The maximum Gasteiger partial charge on any atom is 0.191 e. The number of piperidine rings is 1. The van der Waals surface area contributed by atoms with Crippen LogP contribution in [-0.2, 0) is 13.1 Å². The summed E-state index contributed by atoms with van der Waals surface area (Å²) in [6.45, 7) is 6.65. The molecular formula is C26H33IN6. The molecule has 1 aliphatic heterocycles. The van der Waals surface area contributed by atoms with Crippen LogP contribution in [0.1, 0.15) is 31.0 Å². The van der Waals surface area contributed by atoms with Gasteiger partial charge in [-0.25, -0.2) is 4.99 Å². The van der Waals surface area contributed by atoms with Crippen LogP contribution in [0.15, 0.2) is 78.0 Å². The summed E-state index contributed by atoms with van der Waals surface area (Å²) >= 11 is 0. The number of nitrogens with zero attached hydrogens (tertiary/aromatic N) is 4. The van der Waals surface area contributed by atoms with Crippen molar-refractivity contribution in [2.45, 2.75) is 38.9 Å². The Kier molecular flexibility index (Phi) is 10.1. The van der Waals surface area contributed by atoms with Crippen LogP contribution in [-0.4, -0.2) is 46.5 Å². The molecule has 3 heterocycles. The molecule has 0 aliphatic carbocycles. The molecule has 0 spiro atoms. The molecule has 6 nitrogen and oxygen atoms in total.